The van der Waals surface area contributed by atoms with Crippen molar-refractivity contribution in [3.8, 4) is 6.07 Å². The van der Waals surface area contributed by atoms with Crippen molar-refractivity contribution in [2.45, 2.75) is 45.6 Å². The molecular weight excluding hydrogens is 220 g/mol. The molecule has 1 aromatic rings. The molecule has 18 heavy (non-hydrogen) atoms. The van der Waals surface area contributed by atoms with Crippen molar-refractivity contribution in [3.63, 3.8) is 0 Å². The summed E-state index contributed by atoms with van der Waals surface area (Å²) in [5.41, 5.74) is 3.19. The van der Waals surface area contributed by atoms with Gasteiger partial charge in [-0.3, -0.25) is 0 Å². The van der Waals surface area contributed by atoms with Gasteiger partial charge in [-0.25, -0.2) is 0 Å². The lowest BCUT2D eigenvalue weighted by Crippen LogP contribution is -2.37. The minimum absolute atomic E-state index is 0.213. The highest BCUT2D eigenvalue weighted by Crippen LogP contribution is 2.24. The minimum Gasteiger partial charge on any atom is -0.313 e. The van der Waals surface area contributed by atoms with Crippen LogP contribution in [-0.4, -0.2) is 12.6 Å². The first kappa shape index (κ1) is 13.1. The van der Waals surface area contributed by atoms with E-state index in [-0.39, 0.29) is 5.41 Å². The molecule has 96 valence electrons. The lowest BCUT2D eigenvalue weighted by atomic mass is 9.87. The van der Waals surface area contributed by atoms with Gasteiger partial charge in [0.1, 0.15) is 0 Å². The zero-order valence-electron chi connectivity index (χ0n) is 11.4. The fourth-order valence-corrected chi connectivity index (χ4v) is 2.61. The van der Waals surface area contributed by atoms with Crippen molar-refractivity contribution in [2.24, 2.45) is 5.41 Å². The van der Waals surface area contributed by atoms with Crippen LogP contribution in [0.4, 0.5) is 0 Å². The van der Waals surface area contributed by atoms with Gasteiger partial charge in [0.25, 0.3) is 0 Å². The number of fused-ring (bicyclic) bond motifs is 1. The van der Waals surface area contributed by atoms with E-state index >= 15 is 0 Å². The molecule has 0 radical (unpaired) electrons. The van der Waals surface area contributed by atoms with Crippen LogP contribution in [0.2, 0.25) is 0 Å². The van der Waals surface area contributed by atoms with E-state index in [9.17, 15) is 0 Å². The smallest absolute Gasteiger partial charge is 0.0621 e. The largest absolute Gasteiger partial charge is 0.313 e. The normalized spacial score (nSPS) is 15.4. The fraction of sp³-hybridized carbons (Fsp3) is 0.562. The summed E-state index contributed by atoms with van der Waals surface area (Å²) in [7, 11) is 0. The average molecular weight is 242 g/mol. The predicted octanol–water partition coefficient (Wildman–Crippen LogP) is 3.07. The summed E-state index contributed by atoms with van der Waals surface area (Å²) in [5.74, 6) is 0. The number of rotatable bonds is 5. The van der Waals surface area contributed by atoms with Gasteiger partial charge in [0.15, 0.2) is 0 Å². The van der Waals surface area contributed by atoms with Crippen molar-refractivity contribution in [1.82, 2.24) is 5.32 Å². The number of benzene rings is 1. The van der Waals surface area contributed by atoms with Crippen LogP contribution in [0.25, 0.3) is 0 Å². The van der Waals surface area contributed by atoms with Crippen LogP contribution in [0.1, 0.15) is 37.8 Å². The van der Waals surface area contributed by atoms with Gasteiger partial charge >= 0.3 is 0 Å². The van der Waals surface area contributed by atoms with Gasteiger partial charge in [0.2, 0.25) is 0 Å². The molecule has 1 aliphatic carbocycles. The Bertz CT molecular complexity index is 418. The van der Waals surface area contributed by atoms with Gasteiger partial charge in [-0.05, 0) is 35.8 Å². The van der Waals surface area contributed by atoms with Gasteiger partial charge in [0.05, 0.1) is 6.07 Å². The summed E-state index contributed by atoms with van der Waals surface area (Å²) in [6.07, 6.45) is 3.91. The van der Waals surface area contributed by atoms with E-state index in [1.807, 2.05) is 0 Å². The lowest BCUT2D eigenvalue weighted by Gasteiger charge is -2.26. The molecule has 1 aromatic carbocycles. The van der Waals surface area contributed by atoms with E-state index in [2.05, 4.69) is 49.5 Å². The molecule has 0 bridgehead atoms. The fourth-order valence-electron chi connectivity index (χ4n) is 2.61. The number of nitrogens with zero attached hydrogens (tertiary/aromatic N) is 1. The topological polar surface area (TPSA) is 35.8 Å². The summed E-state index contributed by atoms with van der Waals surface area (Å²) in [5, 5.41) is 12.3. The van der Waals surface area contributed by atoms with Crippen LogP contribution in [0.15, 0.2) is 24.3 Å². The predicted molar refractivity (Wildman–Crippen MR) is 74.3 cm³/mol. The maximum atomic E-state index is 8.66. The number of nitrogens with one attached hydrogen (secondary N) is 1. The Morgan fingerprint density at radius 3 is 2.44 bits per heavy atom. The Balaban J connectivity index is 1.82. The molecule has 0 atom stereocenters. The third-order valence-electron chi connectivity index (χ3n) is 3.83. The first-order chi connectivity index (χ1) is 8.61. The lowest BCUT2D eigenvalue weighted by molar-refractivity contribution is 0.301. The monoisotopic (exact) mass is 242 g/mol. The molecule has 1 aliphatic rings. The maximum Gasteiger partial charge on any atom is 0.0621 e. The second kappa shape index (κ2) is 5.54. The van der Waals surface area contributed by atoms with E-state index in [1.165, 1.54) is 11.1 Å². The van der Waals surface area contributed by atoms with E-state index in [0.717, 1.165) is 25.8 Å². The summed E-state index contributed by atoms with van der Waals surface area (Å²) in [6, 6.07) is 11.5. The molecule has 0 saturated carbocycles. The average Bonchev–Trinajstić information content (AvgIpc) is 2.77. The van der Waals surface area contributed by atoms with Crippen LogP contribution in [0.5, 0.6) is 0 Å². The molecule has 2 heteroatoms. The van der Waals surface area contributed by atoms with Gasteiger partial charge in [-0.15, -0.1) is 0 Å². The second-order valence-corrected chi connectivity index (χ2v) is 6.08. The van der Waals surface area contributed by atoms with Crippen LogP contribution >= 0.6 is 0 Å². The molecule has 0 amide bonds. The second-order valence-electron chi connectivity index (χ2n) is 6.08. The molecule has 0 heterocycles. The Morgan fingerprint density at radius 2 is 1.89 bits per heavy atom. The highest BCUT2D eigenvalue weighted by Gasteiger charge is 2.23. The van der Waals surface area contributed by atoms with Gasteiger partial charge in [-0.1, -0.05) is 38.1 Å². The number of nitriles is 1. The minimum atomic E-state index is 0.213. The van der Waals surface area contributed by atoms with Crippen molar-refractivity contribution in [3.05, 3.63) is 35.4 Å². The Kier molecular flexibility index (Phi) is 4.04. The van der Waals surface area contributed by atoms with Gasteiger partial charge in [-0.2, -0.15) is 5.26 Å². The maximum absolute atomic E-state index is 8.66. The molecule has 1 N–H and O–H groups in total. The molecule has 0 unspecified atom stereocenters. The van der Waals surface area contributed by atoms with Crippen LogP contribution in [0, 0.1) is 16.7 Å². The van der Waals surface area contributed by atoms with Crippen molar-refractivity contribution >= 4 is 0 Å². The third kappa shape index (κ3) is 3.34. The zero-order chi connectivity index (χ0) is 13.0. The van der Waals surface area contributed by atoms with Crippen molar-refractivity contribution in [2.75, 3.05) is 6.54 Å². The van der Waals surface area contributed by atoms with Gasteiger partial charge < -0.3 is 5.32 Å². The van der Waals surface area contributed by atoms with E-state index in [4.69, 9.17) is 5.26 Å². The first-order valence-electron chi connectivity index (χ1n) is 6.78. The summed E-state index contributed by atoms with van der Waals surface area (Å²) < 4.78 is 0. The number of hydrogen-bond acceptors (Lipinski definition) is 2. The van der Waals surface area contributed by atoms with E-state index in [1.54, 1.807) is 0 Å². The highest BCUT2D eigenvalue weighted by atomic mass is 14.9. The van der Waals surface area contributed by atoms with Crippen molar-refractivity contribution in [1.29, 1.82) is 5.26 Å². The van der Waals surface area contributed by atoms with Crippen LogP contribution in [-0.2, 0) is 12.8 Å². The standard InChI is InChI=1S/C16H22N2/c1-16(2,8-5-9-17)12-18-15-10-13-6-3-4-7-14(13)11-15/h3-4,6-7,15,18H,5,8,10-12H2,1-2H3. The molecule has 0 aromatic heterocycles. The highest BCUT2D eigenvalue weighted by molar-refractivity contribution is 5.33. The molecular formula is C16H22N2. The Labute approximate surface area is 110 Å². The van der Waals surface area contributed by atoms with E-state index in [0.29, 0.717) is 12.5 Å². The zero-order valence-corrected chi connectivity index (χ0v) is 11.4. The molecule has 2 nitrogen and oxygen atoms in total. The van der Waals surface area contributed by atoms with E-state index < -0.39 is 0 Å². The third-order valence-corrected chi connectivity index (χ3v) is 3.83. The first-order valence-corrected chi connectivity index (χ1v) is 6.78. The molecule has 0 spiro atoms. The Hall–Kier alpha value is -1.33. The van der Waals surface area contributed by atoms with Crippen LogP contribution < -0.4 is 5.32 Å². The quantitative estimate of drug-likeness (QED) is 0.861. The number of hydrogen-bond donors (Lipinski definition) is 1. The van der Waals surface area contributed by atoms with Crippen LogP contribution in [0.3, 0.4) is 0 Å². The van der Waals surface area contributed by atoms with Crippen molar-refractivity contribution < 1.29 is 0 Å². The summed E-state index contributed by atoms with van der Waals surface area (Å²) in [6.45, 7) is 5.46. The summed E-state index contributed by atoms with van der Waals surface area (Å²) in [4.78, 5) is 0. The Morgan fingerprint density at radius 1 is 1.28 bits per heavy atom. The molecule has 0 saturated heterocycles. The molecule has 0 fully saturated rings. The van der Waals surface area contributed by atoms with Gasteiger partial charge in [0, 0.05) is 19.0 Å². The SMILES string of the molecule is CC(C)(CCC#N)CNC1Cc2ccccc2C1. The molecule has 2 rings (SSSR count). The summed E-state index contributed by atoms with van der Waals surface area (Å²) >= 11 is 0. The molecule has 0 aliphatic heterocycles.